The fourth-order valence-electron chi connectivity index (χ4n) is 2.99. The van der Waals surface area contributed by atoms with Crippen molar-refractivity contribution in [2.75, 3.05) is 0 Å². The Balaban J connectivity index is 2.27. The maximum atomic E-state index is 12.8. The van der Waals surface area contributed by atoms with Gasteiger partial charge in [0.15, 0.2) is 0 Å². The Hall–Kier alpha value is -2.43. The number of ether oxygens (including phenoxy) is 1. The molecule has 4 heteroatoms. The number of hydrogen-bond donors (Lipinski definition) is 2. The molecular formula is C23H29NO3. The van der Waals surface area contributed by atoms with Gasteiger partial charge < -0.3 is 15.2 Å². The summed E-state index contributed by atoms with van der Waals surface area (Å²) in [6, 6.07) is 18.8. The Morgan fingerprint density at radius 1 is 1.07 bits per heavy atom. The largest absolute Gasteiger partial charge is 0.463 e. The number of aliphatic hydroxyl groups is 1. The first-order chi connectivity index (χ1) is 13.0. The first-order valence-electron chi connectivity index (χ1n) is 9.36. The fourth-order valence-corrected chi connectivity index (χ4v) is 2.99. The van der Waals surface area contributed by atoms with Gasteiger partial charge in [-0.15, -0.1) is 0 Å². The normalized spacial score (nSPS) is 14.9. The quantitative estimate of drug-likeness (QED) is 0.519. The zero-order valence-corrected chi connectivity index (χ0v) is 16.2. The molecule has 1 unspecified atom stereocenters. The van der Waals surface area contributed by atoms with E-state index in [2.05, 4.69) is 5.32 Å². The van der Waals surface area contributed by atoms with E-state index in [1.807, 2.05) is 93.6 Å². The second-order valence-corrected chi connectivity index (χ2v) is 6.79. The Bertz CT molecular complexity index is 713. The minimum Gasteiger partial charge on any atom is -0.463 e. The van der Waals surface area contributed by atoms with E-state index in [-0.39, 0.29) is 12.1 Å². The van der Waals surface area contributed by atoms with Crippen LogP contribution in [0.3, 0.4) is 0 Å². The predicted octanol–water partition coefficient (Wildman–Crippen LogP) is 4.02. The van der Waals surface area contributed by atoms with Gasteiger partial charge in [-0.1, -0.05) is 72.8 Å². The number of allylic oxidation sites excluding steroid dienone is 1. The van der Waals surface area contributed by atoms with Gasteiger partial charge in [-0.05, 0) is 31.9 Å². The summed E-state index contributed by atoms with van der Waals surface area (Å²) in [5.41, 5.74) is 1.80. The molecule has 0 saturated heterocycles. The summed E-state index contributed by atoms with van der Waals surface area (Å²) in [5, 5.41) is 14.4. The molecule has 2 aromatic rings. The van der Waals surface area contributed by atoms with Crippen molar-refractivity contribution in [1.29, 1.82) is 0 Å². The average molecular weight is 367 g/mol. The highest BCUT2D eigenvalue weighted by atomic mass is 16.5. The zero-order valence-electron chi connectivity index (χ0n) is 16.2. The summed E-state index contributed by atoms with van der Waals surface area (Å²) >= 11 is 0. The summed E-state index contributed by atoms with van der Waals surface area (Å²) in [4.78, 5) is 12.8. The van der Waals surface area contributed by atoms with E-state index < -0.39 is 18.0 Å². The minimum absolute atomic E-state index is 0.247. The van der Waals surface area contributed by atoms with E-state index in [9.17, 15) is 9.90 Å². The molecule has 2 rings (SSSR count). The molecule has 0 aromatic heterocycles. The van der Waals surface area contributed by atoms with Crippen LogP contribution < -0.4 is 5.32 Å². The molecule has 0 bridgehead atoms. The van der Waals surface area contributed by atoms with Gasteiger partial charge in [0.25, 0.3) is 0 Å². The zero-order chi connectivity index (χ0) is 19.6. The predicted molar refractivity (Wildman–Crippen MR) is 108 cm³/mol. The Labute approximate surface area is 161 Å². The van der Waals surface area contributed by atoms with Crippen molar-refractivity contribution in [1.82, 2.24) is 5.32 Å². The Morgan fingerprint density at radius 3 is 2.22 bits per heavy atom. The van der Waals surface area contributed by atoms with Crippen molar-refractivity contribution in [2.45, 2.75) is 45.6 Å². The molecule has 0 aliphatic carbocycles. The van der Waals surface area contributed by atoms with Crippen LogP contribution >= 0.6 is 0 Å². The number of benzene rings is 2. The van der Waals surface area contributed by atoms with E-state index >= 15 is 0 Å². The molecular weight excluding hydrogens is 338 g/mol. The second-order valence-electron chi connectivity index (χ2n) is 6.79. The van der Waals surface area contributed by atoms with Crippen LogP contribution in [0.2, 0.25) is 0 Å². The first-order valence-corrected chi connectivity index (χ1v) is 9.36. The van der Waals surface area contributed by atoms with E-state index in [4.69, 9.17) is 4.74 Å². The monoisotopic (exact) mass is 367 g/mol. The highest BCUT2D eigenvalue weighted by molar-refractivity contribution is 5.75. The number of carbonyl (C=O) groups is 1. The van der Waals surface area contributed by atoms with Crippen LogP contribution in [0.15, 0.2) is 72.8 Å². The van der Waals surface area contributed by atoms with Crippen LogP contribution in [0.25, 0.3) is 0 Å². The van der Waals surface area contributed by atoms with E-state index in [1.165, 1.54) is 0 Å². The third kappa shape index (κ3) is 6.35. The number of rotatable bonds is 9. The average Bonchev–Trinajstić information content (AvgIpc) is 2.67. The molecule has 0 heterocycles. The van der Waals surface area contributed by atoms with Gasteiger partial charge in [0.05, 0.1) is 12.2 Å². The molecule has 0 aliphatic heterocycles. The molecule has 4 nitrogen and oxygen atoms in total. The lowest BCUT2D eigenvalue weighted by Gasteiger charge is -2.29. The topological polar surface area (TPSA) is 58.6 Å². The summed E-state index contributed by atoms with van der Waals surface area (Å²) in [7, 11) is 0. The first kappa shape index (κ1) is 20.9. The van der Waals surface area contributed by atoms with Crippen LogP contribution in [0.4, 0.5) is 0 Å². The van der Waals surface area contributed by atoms with Crippen molar-refractivity contribution in [3.63, 3.8) is 0 Å². The highest BCUT2D eigenvalue weighted by Gasteiger charge is 2.35. The highest BCUT2D eigenvalue weighted by Crippen LogP contribution is 2.27. The molecule has 27 heavy (non-hydrogen) atoms. The molecule has 144 valence electrons. The summed E-state index contributed by atoms with van der Waals surface area (Å²) in [6.45, 7) is 6.11. The van der Waals surface area contributed by atoms with Crippen molar-refractivity contribution < 1.29 is 14.6 Å². The third-order valence-corrected chi connectivity index (χ3v) is 4.28. The van der Waals surface area contributed by atoms with Crippen LogP contribution in [-0.4, -0.2) is 23.2 Å². The van der Waals surface area contributed by atoms with Gasteiger partial charge in [0.2, 0.25) is 0 Å². The van der Waals surface area contributed by atoms with Crippen molar-refractivity contribution in [3.8, 4) is 0 Å². The maximum Gasteiger partial charge on any atom is 0.314 e. The summed E-state index contributed by atoms with van der Waals surface area (Å²) in [5.74, 6) is -1.17. The molecule has 0 aliphatic rings. The molecule has 3 atom stereocenters. The second kappa shape index (κ2) is 10.7. The van der Waals surface area contributed by atoms with Crippen molar-refractivity contribution in [2.24, 2.45) is 5.92 Å². The SMILES string of the molecule is C/C=C/[C@@H](NCc1ccccc1)[C@H](C(=O)OC(C)C)C(O)c1ccccc1. The lowest BCUT2D eigenvalue weighted by Crippen LogP contribution is -2.43. The molecule has 0 radical (unpaired) electrons. The standard InChI is InChI=1S/C23H29NO3/c1-4-11-20(24-16-18-12-7-5-8-13-18)21(23(26)27-17(2)3)22(25)19-14-9-6-10-15-19/h4-15,17,20-22,24-25H,16H2,1-3H3/b11-4+/t20-,21+,22?/m1/s1. The van der Waals surface area contributed by atoms with E-state index in [0.717, 1.165) is 5.56 Å². The third-order valence-electron chi connectivity index (χ3n) is 4.28. The van der Waals surface area contributed by atoms with E-state index in [0.29, 0.717) is 12.1 Å². The number of aliphatic hydroxyl groups excluding tert-OH is 1. The molecule has 0 fully saturated rings. The Kier molecular flexibility index (Phi) is 8.24. The molecule has 0 saturated carbocycles. The van der Waals surface area contributed by atoms with Gasteiger partial charge in [0.1, 0.15) is 5.92 Å². The summed E-state index contributed by atoms with van der Waals surface area (Å²) < 4.78 is 5.46. The number of nitrogens with one attached hydrogen (secondary N) is 1. The van der Waals surface area contributed by atoms with E-state index in [1.54, 1.807) is 0 Å². The fraction of sp³-hybridized carbons (Fsp3) is 0.348. The Morgan fingerprint density at radius 2 is 1.67 bits per heavy atom. The van der Waals surface area contributed by atoms with Crippen LogP contribution in [0.5, 0.6) is 0 Å². The number of hydrogen-bond acceptors (Lipinski definition) is 4. The minimum atomic E-state index is -0.970. The van der Waals surface area contributed by atoms with Crippen molar-refractivity contribution >= 4 is 5.97 Å². The van der Waals surface area contributed by atoms with Gasteiger partial charge in [-0.3, -0.25) is 4.79 Å². The van der Waals surface area contributed by atoms with Gasteiger partial charge in [-0.25, -0.2) is 0 Å². The maximum absolute atomic E-state index is 12.8. The number of esters is 1. The molecule has 2 aromatic carbocycles. The van der Waals surface area contributed by atoms with Gasteiger partial charge in [0, 0.05) is 12.6 Å². The lowest BCUT2D eigenvalue weighted by molar-refractivity contribution is -0.157. The van der Waals surface area contributed by atoms with Crippen LogP contribution in [-0.2, 0) is 16.1 Å². The van der Waals surface area contributed by atoms with Crippen molar-refractivity contribution in [3.05, 3.63) is 83.9 Å². The molecule has 2 N–H and O–H groups in total. The summed E-state index contributed by atoms with van der Waals surface area (Å²) in [6.07, 6.45) is 2.57. The number of carbonyl (C=O) groups excluding carboxylic acids is 1. The van der Waals surface area contributed by atoms with Crippen LogP contribution in [0.1, 0.15) is 38.0 Å². The molecule has 0 spiro atoms. The lowest BCUT2D eigenvalue weighted by atomic mass is 9.88. The van der Waals surface area contributed by atoms with Gasteiger partial charge in [-0.2, -0.15) is 0 Å². The van der Waals surface area contributed by atoms with Gasteiger partial charge >= 0.3 is 5.97 Å². The molecule has 0 amide bonds. The smallest absolute Gasteiger partial charge is 0.314 e. The van der Waals surface area contributed by atoms with Crippen LogP contribution in [0, 0.1) is 5.92 Å².